The molecular weight excluding hydrogens is 618 g/mol. The van der Waals surface area contributed by atoms with Crippen LogP contribution in [-0.4, -0.2) is 96.4 Å². The Hall–Kier alpha value is -3.61. The van der Waals surface area contributed by atoms with Gasteiger partial charge >= 0.3 is 11.9 Å². The number of rotatable bonds is 18. The fourth-order valence-electron chi connectivity index (χ4n) is 3.94. The molecule has 1 aliphatic heterocycles. The van der Waals surface area contributed by atoms with Gasteiger partial charge in [0.25, 0.3) is 0 Å². The van der Waals surface area contributed by atoms with Gasteiger partial charge in [-0.3, -0.25) is 14.4 Å². The Labute approximate surface area is 260 Å². The van der Waals surface area contributed by atoms with Gasteiger partial charge in [0.2, 0.25) is 28.1 Å². The number of benzene rings is 1. The van der Waals surface area contributed by atoms with Gasteiger partial charge in [0.1, 0.15) is 30.7 Å². The average molecular weight is 660 g/mol. The first kappa shape index (κ1) is 37.6. The summed E-state index contributed by atoms with van der Waals surface area (Å²) >= 11 is 0. The number of hydrogen-bond donors (Lipinski definition) is 7. The second-order valence-electron chi connectivity index (χ2n) is 10.5. The lowest BCUT2D eigenvalue weighted by molar-refractivity contribution is -0.271. The summed E-state index contributed by atoms with van der Waals surface area (Å²) in [7, 11) is -3.49. The topological polar surface area (TPSA) is 247 Å². The molecule has 17 heteroatoms. The van der Waals surface area contributed by atoms with Crippen LogP contribution in [0.15, 0.2) is 30.2 Å². The Balaban J connectivity index is 2.00. The average Bonchev–Trinajstić information content (AvgIpc) is 2.98. The molecule has 0 radical (unpaired) electrons. The summed E-state index contributed by atoms with van der Waals surface area (Å²) in [4.78, 5) is 48.2. The number of aliphatic carboxylic acids is 1. The monoisotopic (exact) mass is 659 g/mol. The van der Waals surface area contributed by atoms with Crippen molar-refractivity contribution in [3.8, 4) is 5.75 Å². The Morgan fingerprint density at radius 1 is 1.00 bits per heavy atom. The van der Waals surface area contributed by atoms with Crippen LogP contribution in [0, 0.1) is 5.92 Å². The molecule has 0 unspecified atom stereocenters. The first-order valence-corrected chi connectivity index (χ1v) is 15.8. The van der Waals surface area contributed by atoms with E-state index in [1.807, 2.05) is 0 Å². The first-order chi connectivity index (χ1) is 21.1. The molecular formula is C28H41N3O13S. The minimum absolute atomic E-state index is 0.0134. The highest BCUT2D eigenvalue weighted by Gasteiger charge is 2.48. The number of carbonyl (C=O) groups excluding carboxylic acids is 3. The lowest BCUT2D eigenvalue weighted by Crippen LogP contribution is -2.61. The molecule has 1 heterocycles. The van der Waals surface area contributed by atoms with Crippen LogP contribution < -0.4 is 20.1 Å². The minimum Gasteiger partial charge on any atom is -0.479 e. The smallest absolute Gasteiger partial charge is 0.335 e. The summed E-state index contributed by atoms with van der Waals surface area (Å²) < 4.78 is 40.9. The SMILES string of the molecule is C=CS(=O)(=O)NCCCCCC(=O)NCCC(=O)Nc1cc(COC(=O)C(C)C)ccc1O[C@@H]1O[C@H](C(=O)O)[C@@H](O)[C@H](O)[C@H]1O. The molecule has 5 atom stereocenters. The van der Waals surface area contributed by atoms with Gasteiger partial charge in [-0.2, -0.15) is 0 Å². The zero-order valence-corrected chi connectivity index (χ0v) is 25.8. The molecule has 0 saturated carbocycles. The van der Waals surface area contributed by atoms with Crippen LogP contribution in [-0.2, 0) is 45.3 Å². The van der Waals surface area contributed by atoms with Crippen molar-refractivity contribution in [1.82, 2.24) is 10.0 Å². The van der Waals surface area contributed by atoms with Gasteiger partial charge in [-0.15, -0.1) is 0 Å². The molecule has 1 aromatic rings. The van der Waals surface area contributed by atoms with Crippen molar-refractivity contribution in [2.75, 3.05) is 18.4 Å². The normalized spacial score (nSPS) is 21.5. The summed E-state index contributed by atoms with van der Waals surface area (Å²) in [6.45, 7) is 6.58. The molecule has 0 aliphatic carbocycles. The standard InChI is InChI=1S/C28H41N3O13S/c1-4-45(40,41)30-12-7-5-6-8-20(32)29-13-11-21(33)31-18-14-17(15-42-27(39)16(2)3)9-10-19(18)43-28-24(36)22(34)23(35)25(44-28)26(37)38/h4,9-10,14,16,22-25,28,30,34-36H,1,5-8,11-13,15H2,2-3H3,(H,29,32)(H,31,33)(H,37,38)/t22-,23-,24+,25-,28+/m0/s1. The summed E-state index contributed by atoms with van der Waals surface area (Å²) in [5.74, 6) is -3.40. The molecule has 2 amide bonds. The highest BCUT2D eigenvalue weighted by molar-refractivity contribution is 7.92. The molecule has 1 fully saturated rings. The van der Waals surface area contributed by atoms with Crippen LogP contribution in [0.4, 0.5) is 5.69 Å². The van der Waals surface area contributed by atoms with Gasteiger partial charge in [-0.25, -0.2) is 17.9 Å². The molecule has 1 aromatic carbocycles. The second-order valence-corrected chi connectivity index (χ2v) is 12.2. The van der Waals surface area contributed by atoms with E-state index in [1.165, 1.54) is 18.2 Å². The number of aliphatic hydroxyl groups is 3. The van der Waals surface area contributed by atoms with Crippen molar-refractivity contribution in [1.29, 1.82) is 0 Å². The Bertz CT molecular complexity index is 1300. The van der Waals surface area contributed by atoms with Crippen LogP contribution in [0.2, 0.25) is 0 Å². The number of hydrogen-bond acceptors (Lipinski definition) is 12. The second kappa shape index (κ2) is 17.8. The lowest BCUT2D eigenvalue weighted by atomic mass is 9.99. The Kier molecular flexibility index (Phi) is 14.8. The summed E-state index contributed by atoms with van der Waals surface area (Å²) in [6.07, 6.45) is -7.69. The van der Waals surface area contributed by atoms with Crippen molar-refractivity contribution in [3.05, 3.63) is 35.7 Å². The van der Waals surface area contributed by atoms with Gasteiger partial charge in [-0.05, 0) is 30.5 Å². The predicted molar refractivity (Wildman–Crippen MR) is 158 cm³/mol. The van der Waals surface area contributed by atoms with Crippen molar-refractivity contribution in [2.24, 2.45) is 5.92 Å². The molecule has 45 heavy (non-hydrogen) atoms. The molecule has 16 nitrogen and oxygen atoms in total. The number of carboxylic acids is 1. The number of carbonyl (C=O) groups is 4. The number of carboxylic acid groups (broad SMARTS) is 1. The molecule has 0 spiro atoms. The van der Waals surface area contributed by atoms with E-state index in [1.54, 1.807) is 13.8 Å². The molecule has 1 saturated heterocycles. The van der Waals surface area contributed by atoms with Crippen LogP contribution in [0.5, 0.6) is 5.75 Å². The number of aliphatic hydroxyl groups excluding tert-OH is 3. The van der Waals surface area contributed by atoms with E-state index in [4.69, 9.17) is 14.2 Å². The van der Waals surface area contributed by atoms with E-state index < -0.39 is 58.6 Å². The molecule has 2 rings (SSSR count). The van der Waals surface area contributed by atoms with E-state index in [9.17, 15) is 48.0 Å². The van der Waals surface area contributed by atoms with Crippen molar-refractivity contribution >= 4 is 39.5 Å². The van der Waals surface area contributed by atoms with E-state index in [0.717, 1.165) is 5.41 Å². The van der Waals surface area contributed by atoms with Crippen molar-refractivity contribution in [2.45, 2.75) is 83.3 Å². The maximum Gasteiger partial charge on any atom is 0.335 e. The third-order valence-corrected chi connectivity index (χ3v) is 7.55. The molecule has 7 N–H and O–H groups in total. The zero-order valence-electron chi connectivity index (χ0n) is 25.0. The summed E-state index contributed by atoms with van der Waals surface area (Å²) in [5.41, 5.74) is 0.473. The van der Waals surface area contributed by atoms with Gasteiger partial charge in [-0.1, -0.05) is 32.9 Å². The molecule has 1 aliphatic rings. The number of unbranched alkanes of at least 4 members (excludes halogenated alkanes) is 2. The fraction of sp³-hybridized carbons (Fsp3) is 0.571. The zero-order chi connectivity index (χ0) is 33.7. The van der Waals surface area contributed by atoms with Crippen LogP contribution in [0.1, 0.15) is 51.5 Å². The van der Waals surface area contributed by atoms with Gasteiger partial charge < -0.3 is 45.3 Å². The van der Waals surface area contributed by atoms with E-state index in [2.05, 4.69) is 21.9 Å². The maximum atomic E-state index is 12.7. The van der Waals surface area contributed by atoms with E-state index >= 15 is 0 Å². The molecule has 0 aromatic heterocycles. The van der Waals surface area contributed by atoms with Gasteiger partial charge in [0.05, 0.1) is 11.6 Å². The van der Waals surface area contributed by atoms with Crippen LogP contribution in [0.3, 0.4) is 0 Å². The van der Waals surface area contributed by atoms with Crippen molar-refractivity contribution < 1.29 is 62.2 Å². The van der Waals surface area contributed by atoms with Crippen LogP contribution >= 0.6 is 0 Å². The third kappa shape index (κ3) is 12.4. The quantitative estimate of drug-likeness (QED) is 0.0793. The number of anilines is 1. The minimum atomic E-state index is -3.49. The highest BCUT2D eigenvalue weighted by atomic mass is 32.2. The highest BCUT2D eigenvalue weighted by Crippen LogP contribution is 2.31. The van der Waals surface area contributed by atoms with Crippen molar-refractivity contribution in [3.63, 3.8) is 0 Å². The number of sulfonamides is 1. The van der Waals surface area contributed by atoms with E-state index in [0.29, 0.717) is 24.8 Å². The first-order valence-electron chi connectivity index (χ1n) is 14.2. The number of esters is 1. The number of ether oxygens (including phenoxy) is 3. The fourth-order valence-corrected chi connectivity index (χ4v) is 4.49. The Morgan fingerprint density at radius 3 is 2.36 bits per heavy atom. The summed E-state index contributed by atoms with van der Waals surface area (Å²) in [5, 5.41) is 45.7. The Morgan fingerprint density at radius 2 is 1.71 bits per heavy atom. The predicted octanol–water partition coefficient (Wildman–Crippen LogP) is -0.275. The van der Waals surface area contributed by atoms with Gasteiger partial charge in [0, 0.05) is 31.3 Å². The molecule has 252 valence electrons. The largest absolute Gasteiger partial charge is 0.479 e. The molecule has 0 bridgehead atoms. The van der Waals surface area contributed by atoms with Crippen LogP contribution in [0.25, 0.3) is 0 Å². The lowest BCUT2D eigenvalue weighted by Gasteiger charge is -2.38. The maximum absolute atomic E-state index is 12.7. The number of amides is 2. The number of nitrogens with one attached hydrogen (secondary N) is 3. The third-order valence-electron chi connectivity index (χ3n) is 6.50. The van der Waals surface area contributed by atoms with E-state index in [-0.39, 0.29) is 55.8 Å². The summed E-state index contributed by atoms with van der Waals surface area (Å²) in [6, 6.07) is 4.26. The van der Waals surface area contributed by atoms with Gasteiger partial charge in [0.15, 0.2) is 6.10 Å².